The van der Waals surface area contributed by atoms with E-state index >= 15 is 0 Å². The molecule has 8 heteroatoms. The predicted molar refractivity (Wildman–Crippen MR) is 159 cm³/mol. The van der Waals surface area contributed by atoms with Crippen LogP contribution in [-0.4, -0.2) is 29.2 Å². The lowest BCUT2D eigenvalue weighted by Gasteiger charge is -2.10. The maximum Gasteiger partial charge on any atom is 0.261 e. The van der Waals surface area contributed by atoms with Crippen LogP contribution in [0.15, 0.2) is 137 Å². The van der Waals surface area contributed by atoms with Crippen LogP contribution in [0.1, 0.15) is 11.1 Å². The smallest absolute Gasteiger partial charge is 0.261 e. The Hall–Kier alpha value is -5.21. The number of fused-ring (bicyclic) bond motifs is 1. The molecule has 2 heterocycles. The van der Waals surface area contributed by atoms with Gasteiger partial charge in [-0.3, -0.25) is 9.71 Å². The van der Waals surface area contributed by atoms with Gasteiger partial charge in [-0.05, 0) is 54.6 Å². The van der Waals surface area contributed by atoms with Crippen LogP contribution in [0.25, 0.3) is 22.2 Å². The fraction of sp³-hybridized carbons (Fsp3) is 0. The van der Waals surface area contributed by atoms with Gasteiger partial charge < -0.3 is 10.1 Å². The zero-order valence-corrected chi connectivity index (χ0v) is 22.0. The van der Waals surface area contributed by atoms with E-state index < -0.39 is 10.0 Å². The van der Waals surface area contributed by atoms with Gasteiger partial charge in [-0.25, -0.2) is 13.4 Å². The van der Waals surface area contributed by atoms with Crippen molar-refractivity contribution in [1.29, 1.82) is 0 Å². The molecule has 4 aromatic carbocycles. The SMILES string of the molecule is O=S(=O)(Nc1ccccc1)c1ccc2[nH]c(O)c(C(=Nc3ccc(-c4ccccn4)cc3)c3ccccc3)c2c1. The van der Waals surface area contributed by atoms with E-state index in [1.165, 1.54) is 6.07 Å². The molecule has 40 heavy (non-hydrogen) atoms. The molecule has 0 amide bonds. The topological polar surface area (TPSA) is 107 Å². The molecule has 6 rings (SSSR count). The number of rotatable bonds is 7. The zero-order valence-electron chi connectivity index (χ0n) is 21.2. The Kier molecular flexibility index (Phi) is 6.59. The van der Waals surface area contributed by atoms with E-state index in [2.05, 4.69) is 14.7 Å². The van der Waals surface area contributed by atoms with E-state index in [-0.39, 0.29) is 10.8 Å². The first kappa shape index (κ1) is 25.1. The average Bonchev–Trinajstić information content (AvgIpc) is 3.32. The molecule has 0 radical (unpaired) electrons. The van der Waals surface area contributed by atoms with E-state index in [0.717, 1.165) is 16.8 Å². The molecule has 0 bridgehead atoms. The summed E-state index contributed by atoms with van der Waals surface area (Å²) >= 11 is 0. The van der Waals surface area contributed by atoms with Crippen molar-refractivity contribution in [3.63, 3.8) is 0 Å². The monoisotopic (exact) mass is 544 g/mol. The number of aromatic amines is 1. The van der Waals surface area contributed by atoms with Crippen LogP contribution in [0.2, 0.25) is 0 Å². The molecule has 2 aromatic heterocycles. The predicted octanol–water partition coefficient (Wildman–Crippen LogP) is 6.91. The number of nitrogens with one attached hydrogen (secondary N) is 2. The molecular formula is C32H24N4O3S. The molecule has 0 unspecified atom stereocenters. The van der Waals surface area contributed by atoms with Crippen molar-refractivity contribution in [3.8, 4) is 17.1 Å². The Bertz CT molecular complexity index is 1920. The highest BCUT2D eigenvalue weighted by Crippen LogP contribution is 2.33. The van der Waals surface area contributed by atoms with Crippen molar-refractivity contribution in [2.75, 3.05) is 4.72 Å². The molecule has 0 saturated carbocycles. The first-order valence-electron chi connectivity index (χ1n) is 12.6. The Morgan fingerprint density at radius 1 is 0.800 bits per heavy atom. The molecule has 0 aliphatic rings. The normalized spacial score (nSPS) is 11.9. The molecule has 0 spiro atoms. The number of aromatic hydroxyl groups is 1. The summed E-state index contributed by atoms with van der Waals surface area (Å²) in [6.07, 6.45) is 1.75. The Morgan fingerprint density at radius 3 is 2.20 bits per heavy atom. The lowest BCUT2D eigenvalue weighted by molar-refractivity contribution is 0.457. The maximum atomic E-state index is 13.2. The summed E-state index contributed by atoms with van der Waals surface area (Å²) in [7, 11) is -3.88. The number of anilines is 1. The van der Waals surface area contributed by atoms with Gasteiger partial charge in [0.05, 0.1) is 27.6 Å². The van der Waals surface area contributed by atoms with Gasteiger partial charge in [0.1, 0.15) is 0 Å². The fourth-order valence-electron chi connectivity index (χ4n) is 4.51. The number of sulfonamides is 1. The second kappa shape index (κ2) is 10.5. The van der Waals surface area contributed by atoms with Crippen LogP contribution in [0.3, 0.4) is 0 Å². The number of nitrogens with zero attached hydrogens (tertiary/aromatic N) is 2. The van der Waals surface area contributed by atoms with E-state index in [9.17, 15) is 13.5 Å². The van der Waals surface area contributed by atoms with Crippen molar-refractivity contribution < 1.29 is 13.5 Å². The van der Waals surface area contributed by atoms with Crippen LogP contribution in [-0.2, 0) is 10.0 Å². The van der Waals surface area contributed by atoms with Crippen molar-refractivity contribution in [2.24, 2.45) is 4.99 Å². The number of para-hydroxylation sites is 1. The minimum absolute atomic E-state index is 0.0660. The minimum atomic E-state index is -3.88. The second-order valence-corrected chi connectivity index (χ2v) is 10.8. The standard InChI is InChI=1S/C32H24N4O3S/c37-32-30(27-21-26(18-19-29(27)35-32)40(38,39)36-25-11-5-2-6-12-25)31(23-9-3-1-4-10-23)34-24-16-14-22(15-17-24)28-13-7-8-20-33-28/h1-21,35-37H. The summed E-state index contributed by atoms with van der Waals surface area (Å²) in [5.41, 5.74) is 5.20. The third-order valence-corrected chi connectivity index (χ3v) is 7.82. The number of aliphatic imine (C=N–C) groups is 1. The minimum Gasteiger partial charge on any atom is -0.494 e. The van der Waals surface area contributed by atoms with Crippen LogP contribution in [0, 0.1) is 0 Å². The van der Waals surface area contributed by atoms with Gasteiger partial charge >= 0.3 is 0 Å². The van der Waals surface area contributed by atoms with Gasteiger partial charge in [-0.1, -0.05) is 66.7 Å². The first-order chi connectivity index (χ1) is 19.5. The Morgan fingerprint density at radius 2 is 1.50 bits per heavy atom. The molecular weight excluding hydrogens is 520 g/mol. The van der Waals surface area contributed by atoms with Crippen LogP contribution < -0.4 is 4.72 Å². The maximum absolute atomic E-state index is 13.2. The molecule has 7 nitrogen and oxygen atoms in total. The lowest BCUT2D eigenvalue weighted by Crippen LogP contribution is -2.12. The summed E-state index contributed by atoms with van der Waals surface area (Å²) in [5, 5.41) is 11.6. The van der Waals surface area contributed by atoms with Crippen molar-refractivity contribution in [3.05, 3.63) is 139 Å². The summed E-state index contributed by atoms with van der Waals surface area (Å²) in [5.74, 6) is -0.103. The van der Waals surface area contributed by atoms with Crippen molar-refractivity contribution in [1.82, 2.24) is 9.97 Å². The molecule has 0 aliphatic heterocycles. The first-order valence-corrected chi connectivity index (χ1v) is 14.0. The van der Waals surface area contributed by atoms with Gasteiger partial charge in [0.2, 0.25) is 0 Å². The highest BCUT2D eigenvalue weighted by Gasteiger charge is 2.22. The molecule has 0 aliphatic carbocycles. The highest BCUT2D eigenvalue weighted by atomic mass is 32.2. The van der Waals surface area contributed by atoms with Crippen LogP contribution in [0.4, 0.5) is 11.4 Å². The Labute approximate surface area is 231 Å². The molecule has 6 aromatic rings. The van der Waals surface area contributed by atoms with Crippen molar-refractivity contribution >= 4 is 38.0 Å². The lowest BCUT2D eigenvalue weighted by atomic mass is 10.0. The van der Waals surface area contributed by atoms with Gasteiger partial charge in [0, 0.05) is 33.9 Å². The van der Waals surface area contributed by atoms with Crippen molar-refractivity contribution in [2.45, 2.75) is 4.90 Å². The summed E-state index contributed by atoms with van der Waals surface area (Å²) in [6.45, 7) is 0. The molecule has 196 valence electrons. The van der Waals surface area contributed by atoms with Gasteiger partial charge in [-0.15, -0.1) is 0 Å². The third kappa shape index (κ3) is 5.08. The van der Waals surface area contributed by atoms with E-state index in [1.54, 1.807) is 42.6 Å². The number of pyridine rings is 1. The number of hydrogen-bond donors (Lipinski definition) is 3. The zero-order chi connectivity index (χ0) is 27.5. The second-order valence-electron chi connectivity index (χ2n) is 9.12. The highest BCUT2D eigenvalue weighted by molar-refractivity contribution is 7.92. The summed E-state index contributed by atoms with van der Waals surface area (Å²) < 4.78 is 29.1. The van der Waals surface area contributed by atoms with Gasteiger partial charge in [0.25, 0.3) is 10.0 Å². The van der Waals surface area contributed by atoms with E-state index in [4.69, 9.17) is 4.99 Å². The van der Waals surface area contributed by atoms with E-state index in [0.29, 0.717) is 33.6 Å². The Balaban J connectivity index is 1.46. The van der Waals surface area contributed by atoms with Crippen LogP contribution >= 0.6 is 0 Å². The molecule has 0 fully saturated rings. The molecule has 0 atom stereocenters. The largest absolute Gasteiger partial charge is 0.494 e. The van der Waals surface area contributed by atoms with Crippen LogP contribution in [0.5, 0.6) is 5.88 Å². The summed E-state index contributed by atoms with van der Waals surface area (Å²) in [4.78, 5) is 12.4. The van der Waals surface area contributed by atoms with Gasteiger partial charge in [0.15, 0.2) is 5.88 Å². The number of hydrogen-bond acceptors (Lipinski definition) is 5. The fourth-order valence-corrected chi connectivity index (χ4v) is 5.60. The quantitative estimate of drug-likeness (QED) is 0.190. The molecule has 0 saturated heterocycles. The summed E-state index contributed by atoms with van der Waals surface area (Å²) in [6, 6.07) is 36.3. The average molecular weight is 545 g/mol. The number of H-pyrrole nitrogens is 1. The third-order valence-electron chi connectivity index (χ3n) is 6.44. The van der Waals surface area contributed by atoms with E-state index in [1.807, 2.05) is 78.9 Å². The number of benzene rings is 4. The van der Waals surface area contributed by atoms with Gasteiger partial charge in [-0.2, -0.15) is 0 Å². The molecule has 3 N–H and O–H groups in total. The number of aromatic nitrogens is 2.